The monoisotopic (exact) mass is 324 g/mol. The normalized spacial score (nSPS) is 16.9. The van der Waals surface area contributed by atoms with Crippen LogP contribution in [-0.2, 0) is 11.2 Å². The largest absolute Gasteiger partial charge is 0.342 e. The first-order valence-electron chi connectivity index (χ1n) is 8.50. The van der Waals surface area contributed by atoms with Crippen LogP contribution in [0, 0.1) is 5.92 Å². The molecule has 0 aliphatic heterocycles. The molecule has 0 aromatic carbocycles. The van der Waals surface area contributed by atoms with Crippen LogP contribution in [0.15, 0.2) is 5.16 Å². The molecule has 5 nitrogen and oxygen atoms in total. The number of carbonyl (C=O) groups excluding carboxylic acids is 1. The van der Waals surface area contributed by atoms with Crippen LogP contribution < -0.4 is 0 Å². The number of aryl methyl sites for hydroxylation is 1. The molecule has 1 aliphatic carbocycles. The van der Waals surface area contributed by atoms with E-state index in [0.29, 0.717) is 5.16 Å². The fraction of sp³-hybridized carbons (Fsp3) is 0.812. The van der Waals surface area contributed by atoms with Crippen molar-refractivity contribution in [1.82, 2.24) is 20.1 Å². The van der Waals surface area contributed by atoms with Crippen LogP contribution in [0.5, 0.6) is 0 Å². The van der Waals surface area contributed by atoms with Crippen LogP contribution >= 0.6 is 11.8 Å². The highest BCUT2D eigenvalue weighted by Crippen LogP contribution is 2.28. The van der Waals surface area contributed by atoms with Gasteiger partial charge in [0.05, 0.1) is 5.25 Å². The van der Waals surface area contributed by atoms with Gasteiger partial charge in [0, 0.05) is 19.5 Å². The van der Waals surface area contributed by atoms with E-state index in [-0.39, 0.29) is 11.2 Å². The molecule has 1 aromatic rings. The molecule has 1 amide bonds. The molecule has 1 heterocycles. The van der Waals surface area contributed by atoms with Crippen molar-refractivity contribution in [2.45, 2.75) is 69.7 Å². The lowest BCUT2D eigenvalue weighted by Crippen LogP contribution is -2.36. The third kappa shape index (κ3) is 4.73. The average Bonchev–Trinajstić information content (AvgIpc) is 3.17. The van der Waals surface area contributed by atoms with Gasteiger partial charge in [-0.05, 0) is 33.1 Å². The smallest absolute Gasteiger partial charge is 0.235 e. The number of aromatic amines is 1. The lowest BCUT2D eigenvalue weighted by Gasteiger charge is -2.21. The minimum absolute atomic E-state index is 0.140. The van der Waals surface area contributed by atoms with Crippen molar-refractivity contribution < 1.29 is 4.79 Å². The van der Waals surface area contributed by atoms with Gasteiger partial charge in [-0.25, -0.2) is 4.98 Å². The number of carbonyl (C=O) groups is 1. The fourth-order valence-corrected chi connectivity index (χ4v) is 3.91. The van der Waals surface area contributed by atoms with Gasteiger partial charge in [0.15, 0.2) is 0 Å². The quantitative estimate of drug-likeness (QED) is 0.746. The highest BCUT2D eigenvalue weighted by molar-refractivity contribution is 8.00. The van der Waals surface area contributed by atoms with Crippen molar-refractivity contribution in [1.29, 1.82) is 0 Å². The van der Waals surface area contributed by atoms with E-state index in [1.807, 2.05) is 25.7 Å². The molecule has 1 unspecified atom stereocenters. The topological polar surface area (TPSA) is 61.9 Å². The van der Waals surface area contributed by atoms with Gasteiger partial charge in [-0.15, -0.1) is 5.10 Å². The SMILES string of the molecule is CCN(CC)C(=O)C(C)Sc1n[nH]c(CCC2CCCC2)n1. The lowest BCUT2D eigenvalue weighted by molar-refractivity contribution is -0.129. The molecule has 1 fully saturated rings. The Morgan fingerprint density at radius 1 is 1.36 bits per heavy atom. The van der Waals surface area contributed by atoms with E-state index in [1.165, 1.54) is 43.9 Å². The molecule has 0 bridgehead atoms. The van der Waals surface area contributed by atoms with Crippen molar-refractivity contribution in [3.05, 3.63) is 5.82 Å². The van der Waals surface area contributed by atoms with E-state index in [0.717, 1.165) is 31.3 Å². The predicted molar refractivity (Wildman–Crippen MR) is 89.9 cm³/mol. The number of H-pyrrole nitrogens is 1. The number of thioether (sulfide) groups is 1. The Labute approximate surface area is 137 Å². The van der Waals surface area contributed by atoms with Gasteiger partial charge in [0.2, 0.25) is 11.1 Å². The minimum Gasteiger partial charge on any atom is -0.342 e. The summed E-state index contributed by atoms with van der Waals surface area (Å²) in [6, 6.07) is 0. The second kappa shape index (κ2) is 8.56. The van der Waals surface area contributed by atoms with Gasteiger partial charge in [-0.1, -0.05) is 37.4 Å². The number of amides is 1. The summed E-state index contributed by atoms with van der Waals surface area (Å²) in [6.07, 6.45) is 7.67. The van der Waals surface area contributed by atoms with Gasteiger partial charge in [-0.3, -0.25) is 9.89 Å². The van der Waals surface area contributed by atoms with Crippen molar-refractivity contribution in [2.24, 2.45) is 5.92 Å². The van der Waals surface area contributed by atoms with E-state index in [9.17, 15) is 4.79 Å². The molecule has 0 spiro atoms. The Morgan fingerprint density at radius 2 is 2.05 bits per heavy atom. The number of hydrogen-bond donors (Lipinski definition) is 1. The van der Waals surface area contributed by atoms with Crippen molar-refractivity contribution >= 4 is 17.7 Å². The highest BCUT2D eigenvalue weighted by Gasteiger charge is 2.21. The predicted octanol–water partition coefficient (Wildman–Crippen LogP) is 3.28. The number of hydrogen-bond acceptors (Lipinski definition) is 4. The molecule has 124 valence electrons. The van der Waals surface area contributed by atoms with Crippen LogP contribution in [-0.4, -0.2) is 44.3 Å². The first-order valence-corrected chi connectivity index (χ1v) is 9.38. The zero-order valence-electron chi connectivity index (χ0n) is 14.0. The standard InChI is InChI=1S/C16H28N4OS/c1-4-20(5-2)15(21)12(3)22-16-17-14(18-19-16)11-10-13-8-6-7-9-13/h12-13H,4-11H2,1-3H3,(H,17,18,19). The third-order valence-electron chi connectivity index (χ3n) is 4.48. The van der Waals surface area contributed by atoms with Crippen LogP contribution in [0.4, 0.5) is 0 Å². The molecule has 0 saturated heterocycles. The third-order valence-corrected chi connectivity index (χ3v) is 5.43. The van der Waals surface area contributed by atoms with Crippen molar-refractivity contribution in [3.8, 4) is 0 Å². The zero-order valence-corrected chi connectivity index (χ0v) is 14.8. The van der Waals surface area contributed by atoms with Crippen LogP contribution in [0.25, 0.3) is 0 Å². The molecule has 1 aromatic heterocycles. The van der Waals surface area contributed by atoms with Crippen LogP contribution in [0.3, 0.4) is 0 Å². The maximum Gasteiger partial charge on any atom is 0.235 e. The maximum atomic E-state index is 12.3. The van der Waals surface area contributed by atoms with Gasteiger partial charge in [0.25, 0.3) is 0 Å². The summed E-state index contributed by atoms with van der Waals surface area (Å²) in [5.74, 6) is 1.98. The summed E-state index contributed by atoms with van der Waals surface area (Å²) in [7, 11) is 0. The van der Waals surface area contributed by atoms with Crippen molar-refractivity contribution in [2.75, 3.05) is 13.1 Å². The molecule has 1 aliphatic rings. The van der Waals surface area contributed by atoms with Gasteiger partial charge in [-0.2, -0.15) is 0 Å². The van der Waals surface area contributed by atoms with E-state index < -0.39 is 0 Å². The van der Waals surface area contributed by atoms with Crippen LogP contribution in [0.1, 0.15) is 58.7 Å². The molecule has 1 N–H and O–H groups in total. The Bertz CT molecular complexity index is 466. The number of nitrogens with one attached hydrogen (secondary N) is 1. The second-order valence-electron chi connectivity index (χ2n) is 6.02. The molecule has 0 radical (unpaired) electrons. The summed E-state index contributed by atoms with van der Waals surface area (Å²) in [6.45, 7) is 7.45. The number of aromatic nitrogens is 3. The van der Waals surface area contributed by atoms with E-state index in [1.54, 1.807) is 0 Å². The zero-order chi connectivity index (χ0) is 15.9. The molecular weight excluding hydrogens is 296 g/mol. The number of nitrogens with zero attached hydrogens (tertiary/aromatic N) is 3. The summed E-state index contributed by atoms with van der Waals surface area (Å²) in [4.78, 5) is 18.6. The highest BCUT2D eigenvalue weighted by atomic mass is 32.2. The summed E-state index contributed by atoms with van der Waals surface area (Å²) >= 11 is 1.45. The van der Waals surface area contributed by atoms with E-state index in [4.69, 9.17) is 0 Å². The fourth-order valence-electron chi connectivity index (χ4n) is 3.08. The molecule has 1 saturated carbocycles. The minimum atomic E-state index is -0.140. The van der Waals surface area contributed by atoms with Gasteiger partial charge in [0.1, 0.15) is 5.82 Å². The molecule has 6 heteroatoms. The van der Waals surface area contributed by atoms with E-state index >= 15 is 0 Å². The van der Waals surface area contributed by atoms with Gasteiger partial charge >= 0.3 is 0 Å². The second-order valence-corrected chi connectivity index (χ2v) is 7.33. The van der Waals surface area contributed by atoms with Gasteiger partial charge < -0.3 is 4.90 Å². The average molecular weight is 324 g/mol. The Hall–Kier alpha value is -1.04. The molecule has 1 atom stereocenters. The molecule has 22 heavy (non-hydrogen) atoms. The summed E-state index contributed by atoms with van der Waals surface area (Å²) in [5, 5.41) is 7.82. The Kier molecular flexibility index (Phi) is 6.73. The maximum absolute atomic E-state index is 12.3. The summed E-state index contributed by atoms with van der Waals surface area (Å²) < 4.78 is 0. The lowest BCUT2D eigenvalue weighted by atomic mass is 10.0. The first-order chi connectivity index (χ1) is 10.6. The first kappa shape index (κ1) is 17.3. The molecular formula is C16H28N4OS. The van der Waals surface area contributed by atoms with Crippen molar-refractivity contribution in [3.63, 3.8) is 0 Å². The summed E-state index contributed by atoms with van der Waals surface area (Å²) in [5.41, 5.74) is 0. The molecule has 2 rings (SSSR count). The van der Waals surface area contributed by atoms with Crippen LogP contribution in [0.2, 0.25) is 0 Å². The Morgan fingerprint density at radius 3 is 2.68 bits per heavy atom. The van der Waals surface area contributed by atoms with E-state index in [2.05, 4.69) is 15.2 Å². The Balaban J connectivity index is 1.81. The number of rotatable bonds is 8.